The molecule has 3 fully saturated rings. The van der Waals surface area contributed by atoms with Gasteiger partial charge in [-0.25, -0.2) is 0 Å². The Bertz CT molecular complexity index is 737. The van der Waals surface area contributed by atoms with Gasteiger partial charge >= 0.3 is 0 Å². The van der Waals surface area contributed by atoms with E-state index in [1.54, 1.807) is 0 Å². The monoisotopic (exact) mass is 553 g/mol. The lowest BCUT2D eigenvalue weighted by Gasteiger charge is -2.48. The normalized spacial score (nSPS) is 24.1. The Kier molecular flexibility index (Phi) is 10.1. The number of carbonyl (C=O) groups is 1. The Morgan fingerprint density at radius 1 is 1.03 bits per heavy atom. The fraction of sp³-hybridized carbons (Fsp3) is 0.680. The molecule has 1 amide bonds. The second kappa shape index (κ2) is 12.8. The molecule has 1 aromatic rings. The standard InChI is InChI=1S/C25H39N5O.HI/c1-2-26-25(27-14-12-24(31)28-15-6-7-16-28)30-18-13-23-22(20-30)11-8-17-29(23)19-21-9-4-3-5-10-21;/h3-5,9-10,22-23H,2,6-8,11-20H2,1H3,(H,26,27);1H. The van der Waals surface area contributed by atoms with Crippen LogP contribution >= 0.6 is 24.0 Å². The third-order valence-corrected chi connectivity index (χ3v) is 7.09. The molecule has 0 radical (unpaired) electrons. The minimum Gasteiger partial charge on any atom is -0.357 e. The van der Waals surface area contributed by atoms with Crippen molar-refractivity contribution in [1.29, 1.82) is 0 Å². The topological polar surface area (TPSA) is 51.2 Å². The first-order valence-corrected chi connectivity index (χ1v) is 12.3. The highest BCUT2D eigenvalue weighted by Crippen LogP contribution is 2.31. The maximum atomic E-state index is 12.4. The first-order valence-electron chi connectivity index (χ1n) is 12.3. The third-order valence-electron chi connectivity index (χ3n) is 7.09. The summed E-state index contributed by atoms with van der Waals surface area (Å²) < 4.78 is 0. The average Bonchev–Trinajstić information content (AvgIpc) is 3.34. The van der Waals surface area contributed by atoms with Crippen molar-refractivity contribution in [2.45, 2.75) is 58.0 Å². The number of halogens is 1. The molecule has 2 unspecified atom stereocenters. The molecule has 1 aromatic carbocycles. The highest BCUT2D eigenvalue weighted by atomic mass is 127. The van der Waals surface area contributed by atoms with Crippen LogP contribution < -0.4 is 5.32 Å². The second-order valence-corrected chi connectivity index (χ2v) is 9.23. The van der Waals surface area contributed by atoms with Gasteiger partial charge in [0.15, 0.2) is 5.96 Å². The zero-order valence-corrected chi connectivity index (χ0v) is 21.9. The molecule has 7 heteroatoms. The van der Waals surface area contributed by atoms with Gasteiger partial charge in [-0.2, -0.15) is 0 Å². The van der Waals surface area contributed by atoms with Crippen molar-refractivity contribution >= 4 is 35.8 Å². The minimum atomic E-state index is 0. The van der Waals surface area contributed by atoms with Gasteiger partial charge in [0.1, 0.15) is 0 Å². The van der Waals surface area contributed by atoms with Crippen LogP contribution in [0.1, 0.15) is 51.0 Å². The first-order chi connectivity index (χ1) is 15.2. The van der Waals surface area contributed by atoms with E-state index in [-0.39, 0.29) is 29.9 Å². The number of carbonyl (C=O) groups excluding carboxylic acids is 1. The van der Waals surface area contributed by atoms with Crippen molar-refractivity contribution in [3.8, 4) is 0 Å². The highest BCUT2D eigenvalue weighted by Gasteiger charge is 2.36. The summed E-state index contributed by atoms with van der Waals surface area (Å²) >= 11 is 0. The number of piperidine rings is 2. The summed E-state index contributed by atoms with van der Waals surface area (Å²) in [5, 5.41) is 3.48. The van der Waals surface area contributed by atoms with Crippen LogP contribution in [0.25, 0.3) is 0 Å². The Hall–Kier alpha value is -1.35. The molecule has 32 heavy (non-hydrogen) atoms. The fourth-order valence-electron chi connectivity index (χ4n) is 5.52. The van der Waals surface area contributed by atoms with Crippen molar-refractivity contribution in [3.63, 3.8) is 0 Å². The zero-order chi connectivity index (χ0) is 21.5. The minimum absolute atomic E-state index is 0. The quantitative estimate of drug-likeness (QED) is 0.333. The van der Waals surface area contributed by atoms with Gasteiger partial charge in [0.05, 0.1) is 6.54 Å². The number of aliphatic imine (C=N–C) groups is 1. The number of fused-ring (bicyclic) bond motifs is 1. The maximum absolute atomic E-state index is 12.4. The van der Waals surface area contributed by atoms with Crippen LogP contribution in [0, 0.1) is 5.92 Å². The van der Waals surface area contributed by atoms with Crippen molar-refractivity contribution in [3.05, 3.63) is 35.9 Å². The Labute approximate surface area is 210 Å². The molecule has 1 N–H and O–H groups in total. The van der Waals surface area contributed by atoms with Gasteiger partial charge in [-0.3, -0.25) is 14.7 Å². The predicted molar refractivity (Wildman–Crippen MR) is 141 cm³/mol. The van der Waals surface area contributed by atoms with E-state index in [4.69, 9.17) is 4.99 Å². The molecule has 0 saturated carbocycles. The summed E-state index contributed by atoms with van der Waals surface area (Å²) in [6.45, 7) is 9.82. The van der Waals surface area contributed by atoms with Gasteiger partial charge in [0, 0.05) is 51.7 Å². The molecule has 0 bridgehead atoms. The number of benzene rings is 1. The number of likely N-dealkylation sites (tertiary alicyclic amines) is 3. The molecule has 3 saturated heterocycles. The Balaban J connectivity index is 0.00000289. The van der Waals surface area contributed by atoms with E-state index in [0.29, 0.717) is 24.9 Å². The molecule has 178 valence electrons. The van der Waals surface area contributed by atoms with Crippen LogP contribution in [0.5, 0.6) is 0 Å². The maximum Gasteiger partial charge on any atom is 0.224 e. The molecule has 2 atom stereocenters. The number of hydrogen-bond donors (Lipinski definition) is 1. The lowest BCUT2D eigenvalue weighted by atomic mass is 9.83. The molecule has 3 heterocycles. The van der Waals surface area contributed by atoms with Gasteiger partial charge in [0.2, 0.25) is 5.91 Å². The van der Waals surface area contributed by atoms with Crippen LogP contribution in [-0.4, -0.2) is 78.4 Å². The van der Waals surface area contributed by atoms with Gasteiger partial charge in [0.25, 0.3) is 0 Å². The fourth-order valence-corrected chi connectivity index (χ4v) is 5.52. The molecule has 3 aliphatic rings. The highest BCUT2D eigenvalue weighted by molar-refractivity contribution is 14.0. The van der Waals surface area contributed by atoms with E-state index in [1.165, 1.54) is 31.4 Å². The van der Waals surface area contributed by atoms with Gasteiger partial charge in [-0.05, 0) is 57.1 Å². The van der Waals surface area contributed by atoms with Gasteiger partial charge in [-0.15, -0.1) is 24.0 Å². The lowest BCUT2D eigenvalue weighted by Crippen LogP contribution is -2.56. The van der Waals surface area contributed by atoms with Crippen LogP contribution in [-0.2, 0) is 11.3 Å². The Morgan fingerprint density at radius 2 is 1.81 bits per heavy atom. The van der Waals surface area contributed by atoms with Crippen molar-refractivity contribution in [2.24, 2.45) is 10.9 Å². The molecule has 0 aliphatic carbocycles. The summed E-state index contributed by atoms with van der Waals surface area (Å²) in [5.74, 6) is 1.95. The SMILES string of the molecule is CCNC(=NCCC(=O)N1CCCC1)N1CCC2C(CCCN2Cc2ccccc2)C1.I. The predicted octanol–water partition coefficient (Wildman–Crippen LogP) is 3.57. The smallest absolute Gasteiger partial charge is 0.224 e. The van der Waals surface area contributed by atoms with E-state index < -0.39 is 0 Å². The van der Waals surface area contributed by atoms with E-state index in [2.05, 4.69) is 52.4 Å². The summed E-state index contributed by atoms with van der Waals surface area (Å²) in [5.41, 5.74) is 1.42. The van der Waals surface area contributed by atoms with Crippen LogP contribution in [0.3, 0.4) is 0 Å². The molecular formula is C25H40IN5O. The zero-order valence-electron chi connectivity index (χ0n) is 19.5. The molecule has 4 rings (SSSR count). The molecular weight excluding hydrogens is 513 g/mol. The summed E-state index contributed by atoms with van der Waals surface area (Å²) in [6.07, 6.45) is 6.60. The average molecular weight is 554 g/mol. The molecule has 0 spiro atoms. The van der Waals surface area contributed by atoms with Crippen molar-refractivity contribution in [2.75, 3.05) is 45.8 Å². The van der Waals surface area contributed by atoms with Gasteiger partial charge < -0.3 is 15.1 Å². The number of amides is 1. The van der Waals surface area contributed by atoms with Crippen molar-refractivity contribution in [1.82, 2.24) is 20.0 Å². The summed E-state index contributed by atoms with van der Waals surface area (Å²) in [6, 6.07) is 11.6. The van der Waals surface area contributed by atoms with E-state index >= 15 is 0 Å². The van der Waals surface area contributed by atoms with Crippen molar-refractivity contribution < 1.29 is 4.79 Å². The van der Waals surface area contributed by atoms with E-state index in [0.717, 1.165) is 58.1 Å². The number of nitrogens with zero attached hydrogens (tertiary/aromatic N) is 4. The van der Waals surface area contributed by atoms with E-state index in [1.807, 2.05) is 4.90 Å². The van der Waals surface area contributed by atoms with Crippen LogP contribution in [0.2, 0.25) is 0 Å². The van der Waals surface area contributed by atoms with Crippen LogP contribution in [0.15, 0.2) is 35.3 Å². The Morgan fingerprint density at radius 3 is 2.56 bits per heavy atom. The third kappa shape index (κ3) is 6.59. The van der Waals surface area contributed by atoms with Gasteiger partial charge in [-0.1, -0.05) is 30.3 Å². The largest absolute Gasteiger partial charge is 0.357 e. The summed E-state index contributed by atoms with van der Waals surface area (Å²) in [7, 11) is 0. The lowest BCUT2D eigenvalue weighted by molar-refractivity contribution is -0.129. The first kappa shape index (κ1) is 25.3. The summed E-state index contributed by atoms with van der Waals surface area (Å²) in [4.78, 5) is 24.3. The molecule has 6 nitrogen and oxygen atoms in total. The number of rotatable bonds is 6. The van der Waals surface area contributed by atoms with E-state index in [9.17, 15) is 4.79 Å². The van der Waals surface area contributed by atoms with Crippen LogP contribution in [0.4, 0.5) is 0 Å². The number of nitrogens with one attached hydrogen (secondary N) is 1. The second-order valence-electron chi connectivity index (χ2n) is 9.23. The molecule has 0 aromatic heterocycles. The number of hydrogen-bond acceptors (Lipinski definition) is 3. The number of guanidine groups is 1. The molecule has 3 aliphatic heterocycles.